The molecule has 0 fully saturated rings. The summed E-state index contributed by atoms with van der Waals surface area (Å²) < 4.78 is 18.9. The van der Waals surface area contributed by atoms with Crippen LogP contribution in [0.1, 0.15) is 0 Å². The Morgan fingerprint density at radius 3 is 1.27 bits per heavy atom. The average molecular weight is 207 g/mol. The number of hydrogen-bond donors (Lipinski definition) is 5. The first-order valence-electron chi connectivity index (χ1n) is 2.34. The van der Waals surface area contributed by atoms with Crippen LogP contribution in [0, 0.1) is 0 Å². The molecule has 0 aromatic heterocycles. The predicted octanol–water partition coefficient (Wildman–Crippen LogP) is -1.13. The lowest BCUT2D eigenvalue weighted by atomic mass is 11.6. The van der Waals surface area contributed by atoms with Crippen molar-refractivity contribution in [2.45, 2.75) is 0 Å². The normalized spacial score (nSPS) is 11.8. The van der Waals surface area contributed by atoms with Crippen molar-refractivity contribution >= 4 is 15.2 Å². The largest absolute Gasteiger partial charge is 0.338 e. The topological polar surface area (TPSA) is 141 Å². The van der Waals surface area contributed by atoms with Crippen LogP contribution in [0.2, 0.25) is 0 Å². The SMILES string of the molecule is CP(=O)(O)O.NCP(=O)(O)O. The van der Waals surface area contributed by atoms with E-state index in [2.05, 4.69) is 5.73 Å². The summed E-state index contributed by atoms with van der Waals surface area (Å²) in [6.07, 6.45) is -0.562. The predicted molar refractivity (Wildman–Crippen MR) is 39.1 cm³/mol. The van der Waals surface area contributed by atoms with Gasteiger partial charge in [-0.25, -0.2) is 0 Å². The van der Waals surface area contributed by atoms with Gasteiger partial charge >= 0.3 is 15.2 Å². The van der Waals surface area contributed by atoms with E-state index in [-0.39, 0.29) is 0 Å². The molecular weight excluding hydrogens is 196 g/mol. The van der Waals surface area contributed by atoms with Crippen LogP contribution in [0.5, 0.6) is 0 Å². The number of hydrogen-bond acceptors (Lipinski definition) is 3. The van der Waals surface area contributed by atoms with E-state index in [1.807, 2.05) is 0 Å². The Hall–Kier alpha value is 0.260. The molecule has 0 aliphatic heterocycles. The summed E-state index contributed by atoms with van der Waals surface area (Å²) >= 11 is 0. The van der Waals surface area contributed by atoms with E-state index in [0.29, 0.717) is 0 Å². The van der Waals surface area contributed by atoms with Gasteiger partial charge in [0.25, 0.3) is 0 Å². The van der Waals surface area contributed by atoms with Crippen LogP contribution >= 0.6 is 15.2 Å². The van der Waals surface area contributed by atoms with Crippen LogP contribution in [0.15, 0.2) is 0 Å². The summed E-state index contributed by atoms with van der Waals surface area (Å²) in [6, 6.07) is 0. The van der Waals surface area contributed by atoms with Crippen molar-refractivity contribution in [1.29, 1.82) is 0 Å². The first-order chi connectivity index (χ1) is 4.56. The fraction of sp³-hybridized carbons (Fsp3) is 1.00. The van der Waals surface area contributed by atoms with Gasteiger partial charge in [-0.15, -0.1) is 0 Å². The van der Waals surface area contributed by atoms with Gasteiger partial charge in [0.05, 0.1) is 6.29 Å². The summed E-state index contributed by atoms with van der Waals surface area (Å²) in [5.74, 6) is 0. The minimum atomic E-state index is -3.87. The van der Waals surface area contributed by atoms with Gasteiger partial charge in [-0.3, -0.25) is 9.13 Å². The van der Waals surface area contributed by atoms with Gasteiger partial charge < -0.3 is 25.3 Å². The molecule has 0 aromatic rings. The second-order valence-corrected chi connectivity index (χ2v) is 5.05. The van der Waals surface area contributed by atoms with Crippen LogP contribution in [-0.2, 0) is 9.13 Å². The minimum absolute atomic E-state index is 0.562. The molecule has 6 N–H and O–H groups in total. The van der Waals surface area contributed by atoms with Crippen molar-refractivity contribution in [2.24, 2.45) is 5.73 Å². The highest BCUT2D eigenvalue weighted by Crippen LogP contribution is 2.30. The van der Waals surface area contributed by atoms with Gasteiger partial charge in [-0.1, -0.05) is 0 Å². The van der Waals surface area contributed by atoms with Crippen molar-refractivity contribution < 1.29 is 28.7 Å². The van der Waals surface area contributed by atoms with Crippen LogP contribution in [-0.4, -0.2) is 32.5 Å². The molecule has 0 radical (unpaired) electrons. The van der Waals surface area contributed by atoms with Gasteiger partial charge in [0, 0.05) is 6.66 Å². The molecule has 9 heteroatoms. The maximum Gasteiger partial charge on any atom is 0.338 e. The van der Waals surface area contributed by atoms with Crippen molar-refractivity contribution in [1.82, 2.24) is 0 Å². The monoisotopic (exact) mass is 207 g/mol. The molecular formula is C2H11NO6P2. The molecule has 11 heavy (non-hydrogen) atoms. The third-order valence-corrected chi connectivity index (χ3v) is 0.714. The van der Waals surface area contributed by atoms with Gasteiger partial charge in [-0.2, -0.15) is 0 Å². The zero-order valence-electron chi connectivity index (χ0n) is 5.78. The summed E-state index contributed by atoms with van der Waals surface area (Å²) in [6.45, 7) is 0.854. The maximum atomic E-state index is 9.57. The first-order valence-corrected chi connectivity index (χ1v) is 6.19. The molecule has 0 atom stereocenters. The van der Waals surface area contributed by atoms with E-state index in [9.17, 15) is 9.13 Å². The molecule has 0 aliphatic rings. The first kappa shape index (κ1) is 13.8. The number of nitrogens with two attached hydrogens (primary N) is 1. The molecule has 0 saturated carbocycles. The Balaban J connectivity index is 0. The van der Waals surface area contributed by atoms with Crippen LogP contribution < -0.4 is 5.73 Å². The summed E-state index contributed by atoms with van der Waals surface area (Å²) in [5, 5.41) is 0. The van der Waals surface area contributed by atoms with Gasteiger partial charge in [0.1, 0.15) is 0 Å². The standard InChI is InChI=1S/CH6NO3P.CH5O3P/c2-1-6(3,4)5;1-5(2,3)4/h1-2H2,(H2,3,4,5);1H3,(H2,2,3,4). The molecule has 0 unspecified atom stereocenters. The lowest BCUT2D eigenvalue weighted by Gasteiger charge is -1.92. The molecule has 0 aromatic carbocycles. The lowest BCUT2D eigenvalue weighted by molar-refractivity contribution is 0.373. The van der Waals surface area contributed by atoms with E-state index in [1.165, 1.54) is 0 Å². The fourth-order valence-electron chi connectivity index (χ4n) is 0. The Labute approximate surface area is 63.6 Å². The van der Waals surface area contributed by atoms with Gasteiger partial charge in [-0.05, 0) is 0 Å². The minimum Gasteiger partial charge on any atom is -0.325 e. The Bertz CT molecular complexity index is 171. The molecule has 0 saturated heterocycles. The second-order valence-electron chi connectivity index (χ2n) is 1.68. The van der Waals surface area contributed by atoms with Gasteiger partial charge in [0.2, 0.25) is 0 Å². The highest BCUT2D eigenvalue weighted by Gasteiger charge is 2.05. The third-order valence-electron chi connectivity index (χ3n) is 0.238. The Morgan fingerprint density at radius 2 is 1.27 bits per heavy atom. The maximum absolute atomic E-state index is 9.57. The van der Waals surface area contributed by atoms with E-state index >= 15 is 0 Å². The third kappa shape index (κ3) is 65.9. The molecule has 0 amide bonds. The smallest absolute Gasteiger partial charge is 0.325 e. The highest BCUT2D eigenvalue weighted by molar-refractivity contribution is 7.51. The van der Waals surface area contributed by atoms with E-state index in [0.717, 1.165) is 6.66 Å². The Morgan fingerprint density at radius 1 is 1.18 bits per heavy atom. The summed E-state index contributed by atoms with van der Waals surface area (Å²) in [5.41, 5.74) is 4.54. The highest BCUT2D eigenvalue weighted by atomic mass is 31.2. The van der Waals surface area contributed by atoms with Crippen molar-refractivity contribution in [2.75, 3.05) is 13.0 Å². The molecule has 0 rings (SSSR count). The number of rotatable bonds is 1. The molecule has 0 spiro atoms. The molecule has 0 bridgehead atoms. The van der Waals surface area contributed by atoms with E-state index in [1.54, 1.807) is 0 Å². The van der Waals surface area contributed by atoms with Crippen LogP contribution in [0.25, 0.3) is 0 Å². The second kappa shape index (κ2) is 5.00. The van der Waals surface area contributed by atoms with E-state index in [4.69, 9.17) is 19.6 Å². The van der Waals surface area contributed by atoms with Crippen molar-refractivity contribution in [3.63, 3.8) is 0 Å². The fourth-order valence-corrected chi connectivity index (χ4v) is 0. The quantitative estimate of drug-likeness (QED) is 0.342. The molecule has 0 heterocycles. The van der Waals surface area contributed by atoms with Crippen LogP contribution in [0.3, 0.4) is 0 Å². The zero-order chi connectivity index (χ0) is 9.71. The zero-order valence-corrected chi connectivity index (χ0v) is 7.57. The van der Waals surface area contributed by atoms with Gasteiger partial charge in [0.15, 0.2) is 0 Å². The van der Waals surface area contributed by atoms with Crippen LogP contribution in [0.4, 0.5) is 0 Å². The van der Waals surface area contributed by atoms with Crippen molar-refractivity contribution in [3.8, 4) is 0 Å². The summed E-state index contributed by atoms with van der Waals surface area (Å²) in [7, 11) is -7.51. The van der Waals surface area contributed by atoms with E-state index < -0.39 is 21.5 Å². The molecule has 70 valence electrons. The Kier molecular flexibility index (Phi) is 6.29. The lowest BCUT2D eigenvalue weighted by Crippen LogP contribution is -1.97. The molecule has 0 aliphatic carbocycles. The molecule has 7 nitrogen and oxygen atoms in total. The van der Waals surface area contributed by atoms with Crippen molar-refractivity contribution in [3.05, 3.63) is 0 Å². The summed E-state index contributed by atoms with van der Waals surface area (Å²) in [4.78, 5) is 30.9. The average Bonchev–Trinajstić information content (AvgIpc) is 1.59.